The van der Waals surface area contributed by atoms with Gasteiger partial charge >= 0.3 is 0 Å². The largest absolute Gasteiger partial charge is 0.342 e. The topological polar surface area (TPSA) is 18.5 Å². The van der Waals surface area contributed by atoms with Crippen LogP contribution < -0.4 is 0 Å². The van der Waals surface area contributed by atoms with Crippen LogP contribution in [0.2, 0.25) is 0 Å². The van der Waals surface area contributed by atoms with Crippen LogP contribution in [0.25, 0.3) is 0 Å². The number of unbranched alkanes of at least 4 members (excludes halogenated alkanes) is 6. The van der Waals surface area contributed by atoms with Gasteiger partial charge in [0.05, 0.1) is 0 Å². The van der Waals surface area contributed by atoms with Crippen LogP contribution in [-0.4, -0.2) is 24.8 Å². The van der Waals surface area contributed by atoms with Crippen molar-refractivity contribution >= 4 is 15.9 Å². The normalized spacial score (nSPS) is 10.4. The van der Waals surface area contributed by atoms with Crippen molar-refractivity contribution in [2.45, 2.75) is 65.1 Å². The highest BCUT2D eigenvalue weighted by Crippen LogP contribution is 2.07. The van der Waals surface area contributed by atoms with Crippen molar-refractivity contribution in [1.29, 1.82) is 0 Å². The molecule has 0 heterocycles. The third-order valence-corrected chi connectivity index (χ3v) is 3.10. The Labute approximate surface area is 121 Å². The monoisotopic (exact) mass is 318 g/mol. The van der Waals surface area contributed by atoms with Crippen molar-refractivity contribution in [3.63, 3.8) is 0 Å². The van der Waals surface area contributed by atoms with Crippen LogP contribution in [0.1, 0.15) is 58.8 Å². The highest BCUT2D eigenvalue weighted by Gasteiger charge is 2.00. The predicted molar refractivity (Wildman–Crippen MR) is 80.9 cm³/mol. The van der Waals surface area contributed by atoms with E-state index in [-0.39, 0.29) is 6.29 Å². The second-order valence-corrected chi connectivity index (χ2v) is 4.92. The minimum atomic E-state index is -0.334. The van der Waals surface area contributed by atoms with Gasteiger partial charge in [-0.05, 0) is 32.6 Å². The van der Waals surface area contributed by atoms with E-state index < -0.39 is 0 Å². The average molecular weight is 319 g/mol. The van der Waals surface area contributed by atoms with Gasteiger partial charge in [-0.1, -0.05) is 47.5 Å². The SMILES string of the molecule is CCOC(C#CCCCCCCCCBr)OCC. The summed E-state index contributed by atoms with van der Waals surface area (Å²) in [4.78, 5) is 0. The zero-order chi connectivity index (χ0) is 13.5. The lowest BCUT2D eigenvalue weighted by Gasteiger charge is -2.09. The summed E-state index contributed by atoms with van der Waals surface area (Å²) in [6.45, 7) is 5.21. The predicted octanol–water partition coefficient (Wildman–Crippen LogP) is 4.51. The van der Waals surface area contributed by atoms with Gasteiger partial charge < -0.3 is 9.47 Å². The molecule has 0 rings (SSSR count). The van der Waals surface area contributed by atoms with Gasteiger partial charge in [-0.2, -0.15) is 0 Å². The van der Waals surface area contributed by atoms with Crippen molar-refractivity contribution in [3.8, 4) is 11.8 Å². The second-order valence-electron chi connectivity index (χ2n) is 4.12. The molecule has 0 bridgehead atoms. The van der Waals surface area contributed by atoms with Crippen molar-refractivity contribution in [1.82, 2.24) is 0 Å². The number of halogens is 1. The lowest BCUT2D eigenvalue weighted by atomic mass is 10.1. The van der Waals surface area contributed by atoms with Crippen LogP contribution >= 0.6 is 15.9 Å². The fraction of sp³-hybridized carbons (Fsp3) is 0.867. The van der Waals surface area contributed by atoms with Crippen LogP contribution in [0.15, 0.2) is 0 Å². The molecule has 0 aliphatic rings. The van der Waals surface area contributed by atoms with Gasteiger partial charge in [0, 0.05) is 25.0 Å². The Balaban J connectivity index is 3.45. The van der Waals surface area contributed by atoms with E-state index in [2.05, 4.69) is 27.8 Å². The first kappa shape index (κ1) is 18.0. The van der Waals surface area contributed by atoms with Gasteiger partial charge in [-0.15, -0.1) is 0 Å². The van der Waals surface area contributed by atoms with E-state index in [1.165, 1.54) is 38.5 Å². The third-order valence-electron chi connectivity index (χ3n) is 2.54. The zero-order valence-electron chi connectivity index (χ0n) is 11.8. The van der Waals surface area contributed by atoms with Crippen molar-refractivity contribution < 1.29 is 9.47 Å². The van der Waals surface area contributed by atoms with Gasteiger partial charge in [-0.25, -0.2) is 0 Å². The molecule has 2 nitrogen and oxygen atoms in total. The van der Waals surface area contributed by atoms with E-state index >= 15 is 0 Å². The summed E-state index contributed by atoms with van der Waals surface area (Å²) in [5.41, 5.74) is 0. The summed E-state index contributed by atoms with van der Waals surface area (Å²) >= 11 is 3.45. The van der Waals surface area contributed by atoms with Gasteiger partial charge in [0.2, 0.25) is 6.29 Å². The van der Waals surface area contributed by atoms with Gasteiger partial charge in [0.1, 0.15) is 0 Å². The summed E-state index contributed by atoms with van der Waals surface area (Å²) < 4.78 is 10.7. The Morgan fingerprint density at radius 3 is 2.00 bits per heavy atom. The van der Waals surface area contributed by atoms with Crippen LogP contribution in [0, 0.1) is 11.8 Å². The molecule has 3 heteroatoms. The van der Waals surface area contributed by atoms with Crippen LogP contribution in [-0.2, 0) is 9.47 Å². The number of ether oxygens (including phenoxy) is 2. The zero-order valence-corrected chi connectivity index (χ0v) is 13.4. The molecule has 0 fully saturated rings. The summed E-state index contributed by atoms with van der Waals surface area (Å²) in [6.07, 6.45) is 8.40. The molecular weight excluding hydrogens is 292 g/mol. The molecule has 0 saturated heterocycles. The molecule has 0 aliphatic heterocycles. The Morgan fingerprint density at radius 2 is 1.44 bits per heavy atom. The first-order valence-electron chi connectivity index (χ1n) is 7.12. The van der Waals surface area contributed by atoms with E-state index in [9.17, 15) is 0 Å². The van der Waals surface area contributed by atoms with E-state index in [1.54, 1.807) is 0 Å². The Bertz CT molecular complexity index is 214. The molecule has 0 radical (unpaired) electrons. The van der Waals surface area contributed by atoms with Gasteiger partial charge in [0.15, 0.2) is 0 Å². The molecule has 0 spiro atoms. The average Bonchev–Trinajstić information content (AvgIpc) is 2.37. The molecule has 0 atom stereocenters. The van der Waals surface area contributed by atoms with E-state index in [0.717, 1.165) is 11.8 Å². The number of alkyl halides is 1. The second kappa shape index (κ2) is 15.0. The quantitative estimate of drug-likeness (QED) is 0.241. The lowest BCUT2D eigenvalue weighted by Crippen LogP contribution is -2.14. The summed E-state index contributed by atoms with van der Waals surface area (Å²) in [5.74, 6) is 6.18. The lowest BCUT2D eigenvalue weighted by molar-refractivity contribution is -0.0970. The van der Waals surface area contributed by atoms with Crippen molar-refractivity contribution in [2.75, 3.05) is 18.5 Å². The van der Waals surface area contributed by atoms with E-state index in [1.807, 2.05) is 13.8 Å². The smallest absolute Gasteiger partial charge is 0.222 e. The maximum atomic E-state index is 5.35. The molecule has 0 amide bonds. The third kappa shape index (κ3) is 12.4. The maximum Gasteiger partial charge on any atom is 0.222 e. The summed E-state index contributed by atoms with van der Waals surface area (Å²) in [7, 11) is 0. The van der Waals surface area contributed by atoms with Crippen LogP contribution in [0.3, 0.4) is 0 Å². The van der Waals surface area contributed by atoms with Crippen LogP contribution in [0.5, 0.6) is 0 Å². The Hall–Kier alpha value is -0.0400. The van der Waals surface area contributed by atoms with Crippen molar-refractivity contribution in [2.24, 2.45) is 0 Å². The Morgan fingerprint density at radius 1 is 0.889 bits per heavy atom. The highest BCUT2D eigenvalue weighted by atomic mass is 79.9. The van der Waals surface area contributed by atoms with Crippen LogP contribution in [0.4, 0.5) is 0 Å². The molecule has 0 aromatic rings. The molecule has 0 aliphatic carbocycles. The fourth-order valence-corrected chi connectivity index (χ4v) is 2.00. The standard InChI is InChI=1S/C15H27BrO2/c1-3-17-15(18-4-2)13-11-9-7-5-6-8-10-12-14-16/h15H,3-10,12,14H2,1-2H3. The van der Waals surface area contributed by atoms with E-state index in [0.29, 0.717) is 13.2 Å². The van der Waals surface area contributed by atoms with Gasteiger partial charge in [-0.3, -0.25) is 0 Å². The molecular formula is C15H27BrO2. The molecule has 0 aromatic heterocycles. The number of rotatable bonds is 11. The van der Waals surface area contributed by atoms with E-state index in [4.69, 9.17) is 9.47 Å². The number of hydrogen-bond donors (Lipinski definition) is 0. The van der Waals surface area contributed by atoms with Crippen molar-refractivity contribution in [3.05, 3.63) is 0 Å². The number of hydrogen-bond acceptors (Lipinski definition) is 2. The Kier molecular flexibility index (Phi) is 15.0. The molecule has 0 saturated carbocycles. The minimum Gasteiger partial charge on any atom is -0.342 e. The highest BCUT2D eigenvalue weighted by molar-refractivity contribution is 9.09. The molecule has 0 N–H and O–H groups in total. The fourth-order valence-electron chi connectivity index (χ4n) is 1.60. The molecule has 0 unspecified atom stereocenters. The first-order valence-corrected chi connectivity index (χ1v) is 8.24. The molecule has 0 aromatic carbocycles. The maximum absolute atomic E-state index is 5.35. The molecule has 18 heavy (non-hydrogen) atoms. The van der Waals surface area contributed by atoms with Gasteiger partial charge in [0.25, 0.3) is 0 Å². The summed E-state index contributed by atoms with van der Waals surface area (Å²) in [6, 6.07) is 0. The minimum absolute atomic E-state index is 0.334. The summed E-state index contributed by atoms with van der Waals surface area (Å²) in [5, 5.41) is 1.13. The first-order chi connectivity index (χ1) is 8.85. The molecule has 106 valence electrons.